The monoisotopic (exact) mass is 361 g/mol. The van der Waals surface area contributed by atoms with Crippen molar-refractivity contribution in [3.8, 4) is 5.75 Å². The Balaban J connectivity index is 2.04. The fourth-order valence-electron chi connectivity index (χ4n) is 2.29. The Labute approximate surface area is 143 Å². The minimum Gasteiger partial charge on any atom is -0.465 e. The molecule has 0 radical (unpaired) electrons. The Morgan fingerprint density at radius 1 is 1.12 bits per heavy atom. The molecule has 0 amide bonds. The van der Waals surface area contributed by atoms with E-state index in [-0.39, 0.29) is 27.1 Å². The SMILES string of the molecule is COC(=O)c1cccc(OS(=O)(=O)c2ccc(F)c3ncccc23)c1. The lowest BCUT2D eigenvalue weighted by molar-refractivity contribution is 0.0600. The highest BCUT2D eigenvalue weighted by molar-refractivity contribution is 7.87. The second-order valence-electron chi connectivity index (χ2n) is 5.00. The summed E-state index contributed by atoms with van der Waals surface area (Å²) in [6.45, 7) is 0. The van der Waals surface area contributed by atoms with E-state index in [1.807, 2.05) is 0 Å². The number of nitrogens with zero attached hydrogens (tertiary/aromatic N) is 1. The number of esters is 1. The highest BCUT2D eigenvalue weighted by atomic mass is 32.2. The van der Waals surface area contributed by atoms with Crippen LogP contribution in [0.4, 0.5) is 4.39 Å². The van der Waals surface area contributed by atoms with Gasteiger partial charge in [-0.15, -0.1) is 0 Å². The highest BCUT2D eigenvalue weighted by Crippen LogP contribution is 2.27. The Morgan fingerprint density at radius 2 is 1.92 bits per heavy atom. The van der Waals surface area contributed by atoms with Crippen LogP contribution in [-0.4, -0.2) is 26.5 Å². The molecule has 2 aromatic carbocycles. The van der Waals surface area contributed by atoms with Gasteiger partial charge in [0, 0.05) is 11.6 Å². The molecule has 0 unspecified atom stereocenters. The molecule has 6 nitrogen and oxygen atoms in total. The van der Waals surface area contributed by atoms with E-state index in [0.29, 0.717) is 0 Å². The molecule has 3 aromatic rings. The molecule has 8 heteroatoms. The van der Waals surface area contributed by atoms with Crippen LogP contribution in [0.15, 0.2) is 59.6 Å². The van der Waals surface area contributed by atoms with Crippen LogP contribution >= 0.6 is 0 Å². The van der Waals surface area contributed by atoms with E-state index in [1.54, 1.807) is 0 Å². The van der Waals surface area contributed by atoms with Crippen LogP contribution in [0, 0.1) is 5.82 Å². The molecule has 1 aromatic heterocycles. The van der Waals surface area contributed by atoms with E-state index in [0.717, 1.165) is 12.1 Å². The number of benzene rings is 2. The van der Waals surface area contributed by atoms with Crippen LogP contribution in [-0.2, 0) is 14.9 Å². The molecule has 0 aliphatic carbocycles. The zero-order valence-electron chi connectivity index (χ0n) is 13.0. The maximum atomic E-state index is 13.8. The van der Waals surface area contributed by atoms with Crippen molar-refractivity contribution in [2.45, 2.75) is 4.90 Å². The van der Waals surface area contributed by atoms with Crippen LogP contribution in [0.25, 0.3) is 10.9 Å². The minimum absolute atomic E-state index is 0.0655. The van der Waals surface area contributed by atoms with Crippen LogP contribution in [0.2, 0.25) is 0 Å². The van der Waals surface area contributed by atoms with Gasteiger partial charge in [-0.2, -0.15) is 8.42 Å². The second-order valence-corrected chi connectivity index (χ2v) is 6.52. The van der Waals surface area contributed by atoms with Crippen LogP contribution in [0.5, 0.6) is 5.75 Å². The summed E-state index contributed by atoms with van der Waals surface area (Å²) >= 11 is 0. The van der Waals surface area contributed by atoms with E-state index < -0.39 is 21.9 Å². The van der Waals surface area contributed by atoms with Crippen molar-refractivity contribution in [2.75, 3.05) is 7.11 Å². The highest BCUT2D eigenvalue weighted by Gasteiger charge is 2.22. The van der Waals surface area contributed by atoms with E-state index >= 15 is 0 Å². The smallest absolute Gasteiger partial charge is 0.339 e. The molecule has 0 saturated carbocycles. The molecule has 0 N–H and O–H groups in total. The largest absolute Gasteiger partial charge is 0.465 e. The fourth-order valence-corrected chi connectivity index (χ4v) is 3.41. The second kappa shape index (κ2) is 6.48. The Hall–Kier alpha value is -3.00. The van der Waals surface area contributed by atoms with Gasteiger partial charge in [-0.05, 0) is 42.5 Å². The first-order valence-corrected chi connectivity index (χ1v) is 8.49. The van der Waals surface area contributed by atoms with Crippen molar-refractivity contribution in [1.29, 1.82) is 0 Å². The van der Waals surface area contributed by atoms with Gasteiger partial charge in [0.15, 0.2) is 0 Å². The third-order valence-electron chi connectivity index (χ3n) is 3.41. The number of methoxy groups -OCH3 is 1. The lowest BCUT2D eigenvalue weighted by Crippen LogP contribution is -2.11. The summed E-state index contributed by atoms with van der Waals surface area (Å²) in [5.74, 6) is -1.33. The molecule has 0 aliphatic rings. The average molecular weight is 361 g/mol. The van der Waals surface area contributed by atoms with Crippen LogP contribution in [0.3, 0.4) is 0 Å². The molecule has 0 bridgehead atoms. The van der Waals surface area contributed by atoms with Gasteiger partial charge < -0.3 is 8.92 Å². The standard InChI is InChI=1S/C17H12FNO5S/c1-23-17(20)11-4-2-5-12(10-11)24-25(21,22)15-8-7-14(18)16-13(15)6-3-9-19-16/h2-10H,1H3. The number of aromatic nitrogens is 1. The van der Waals surface area contributed by atoms with Gasteiger partial charge in [0.05, 0.1) is 12.7 Å². The maximum Gasteiger partial charge on any atom is 0.339 e. The minimum atomic E-state index is -4.26. The van der Waals surface area contributed by atoms with Gasteiger partial charge in [0.1, 0.15) is 22.0 Å². The van der Waals surface area contributed by atoms with Gasteiger partial charge in [0.2, 0.25) is 0 Å². The van der Waals surface area contributed by atoms with Crippen molar-refractivity contribution in [2.24, 2.45) is 0 Å². The van der Waals surface area contributed by atoms with Gasteiger partial charge in [-0.25, -0.2) is 9.18 Å². The summed E-state index contributed by atoms with van der Waals surface area (Å²) in [5, 5.41) is 0.103. The van der Waals surface area contributed by atoms with Crippen molar-refractivity contribution in [1.82, 2.24) is 4.98 Å². The third-order valence-corrected chi connectivity index (χ3v) is 4.72. The lowest BCUT2D eigenvalue weighted by Gasteiger charge is -2.10. The number of halogens is 1. The Morgan fingerprint density at radius 3 is 2.68 bits per heavy atom. The summed E-state index contributed by atoms with van der Waals surface area (Å²) in [5.41, 5.74) is 0.0660. The molecule has 3 rings (SSSR count). The van der Waals surface area contributed by atoms with Gasteiger partial charge >= 0.3 is 16.1 Å². The first-order valence-electron chi connectivity index (χ1n) is 7.08. The average Bonchev–Trinajstić information content (AvgIpc) is 2.61. The normalized spacial score (nSPS) is 11.3. The van der Waals surface area contributed by atoms with E-state index in [2.05, 4.69) is 9.72 Å². The summed E-state index contributed by atoms with van der Waals surface area (Å²) in [4.78, 5) is 15.2. The number of hydrogen-bond acceptors (Lipinski definition) is 6. The first kappa shape index (κ1) is 16.8. The summed E-state index contributed by atoms with van der Waals surface area (Å²) < 4.78 is 48.7. The van der Waals surface area contributed by atoms with Crippen molar-refractivity contribution in [3.05, 3.63) is 66.1 Å². The summed E-state index contributed by atoms with van der Waals surface area (Å²) in [6.07, 6.45) is 1.36. The lowest BCUT2D eigenvalue weighted by atomic mass is 10.2. The number of ether oxygens (including phenoxy) is 1. The van der Waals surface area contributed by atoms with E-state index in [1.165, 1.54) is 49.7 Å². The predicted octanol–water partition coefficient (Wildman–Crippen LogP) is 2.93. The summed E-state index contributed by atoms with van der Waals surface area (Å²) in [7, 11) is -3.05. The topological polar surface area (TPSA) is 82.6 Å². The van der Waals surface area contributed by atoms with Gasteiger partial charge in [-0.3, -0.25) is 4.98 Å². The number of pyridine rings is 1. The number of hydrogen-bond donors (Lipinski definition) is 0. The van der Waals surface area contributed by atoms with E-state index in [4.69, 9.17) is 4.18 Å². The fraction of sp³-hybridized carbons (Fsp3) is 0.0588. The Kier molecular flexibility index (Phi) is 4.37. The number of fused-ring (bicyclic) bond motifs is 1. The molecule has 128 valence electrons. The van der Waals surface area contributed by atoms with Crippen LogP contribution < -0.4 is 4.18 Å². The zero-order chi connectivity index (χ0) is 18.0. The summed E-state index contributed by atoms with van der Waals surface area (Å²) in [6, 6.07) is 10.6. The quantitative estimate of drug-likeness (QED) is 0.525. The van der Waals surface area contributed by atoms with Crippen molar-refractivity contribution >= 4 is 27.0 Å². The molecule has 0 aliphatic heterocycles. The van der Waals surface area contributed by atoms with Crippen molar-refractivity contribution < 1.29 is 26.5 Å². The number of carbonyl (C=O) groups is 1. The zero-order valence-corrected chi connectivity index (χ0v) is 13.8. The third kappa shape index (κ3) is 3.29. The maximum absolute atomic E-state index is 13.8. The van der Waals surface area contributed by atoms with E-state index in [9.17, 15) is 17.6 Å². The molecular weight excluding hydrogens is 349 g/mol. The molecule has 1 heterocycles. The predicted molar refractivity (Wildman–Crippen MR) is 87.3 cm³/mol. The molecular formula is C17H12FNO5S. The first-order chi connectivity index (χ1) is 11.9. The molecule has 25 heavy (non-hydrogen) atoms. The number of carbonyl (C=O) groups excluding carboxylic acids is 1. The Bertz CT molecular complexity index is 1070. The molecule has 0 atom stereocenters. The van der Waals surface area contributed by atoms with Crippen molar-refractivity contribution in [3.63, 3.8) is 0 Å². The van der Waals surface area contributed by atoms with Gasteiger partial charge in [-0.1, -0.05) is 6.07 Å². The molecule has 0 fully saturated rings. The van der Waals surface area contributed by atoms with Crippen LogP contribution in [0.1, 0.15) is 10.4 Å². The van der Waals surface area contributed by atoms with Gasteiger partial charge in [0.25, 0.3) is 0 Å². The number of rotatable bonds is 4. The molecule has 0 saturated heterocycles. The molecule has 0 spiro atoms.